The van der Waals surface area contributed by atoms with Crippen molar-refractivity contribution in [3.05, 3.63) is 29.8 Å². The molecule has 0 fully saturated rings. The third kappa shape index (κ3) is 3.80. The molecule has 2 N–H and O–H groups in total. The van der Waals surface area contributed by atoms with Crippen molar-refractivity contribution in [2.45, 2.75) is 26.3 Å². The Morgan fingerprint density at radius 2 is 2.00 bits per heavy atom. The quantitative estimate of drug-likeness (QED) is 0.869. The first-order valence-electron chi connectivity index (χ1n) is 5.49. The van der Waals surface area contributed by atoms with Gasteiger partial charge in [0.2, 0.25) is 0 Å². The van der Waals surface area contributed by atoms with Crippen molar-refractivity contribution in [2.75, 3.05) is 5.32 Å². The van der Waals surface area contributed by atoms with Gasteiger partial charge in [0, 0.05) is 12.5 Å². The first kappa shape index (κ1) is 14.1. The zero-order chi connectivity index (χ0) is 13.7. The maximum atomic E-state index is 13.2. The summed E-state index contributed by atoms with van der Waals surface area (Å²) in [6, 6.07) is 1.43. The van der Waals surface area contributed by atoms with Gasteiger partial charge in [0.25, 0.3) is 0 Å². The molecule has 1 aromatic carbocycles. The summed E-state index contributed by atoms with van der Waals surface area (Å²) in [5.74, 6) is -1.74. The van der Waals surface area contributed by atoms with Crippen LogP contribution in [0.15, 0.2) is 18.2 Å². The van der Waals surface area contributed by atoms with Crippen LogP contribution in [0.2, 0.25) is 0 Å². The molecule has 0 heterocycles. The topological polar surface area (TPSA) is 58.2 Å². The smallest absolute Gasteiger partial charge is 0.319 e. The van der Waals surface area contributed by atoms with Gasteiger partial charge in [-0.15, -0.1) is 0 Å². The number of hydrogen-bond acceptors (Lipinski definition) is 2. The Hall–Kier alpha value is -1.98. The first-order chi connectivity index (χ1) is 8.43. The standard InChI is InChI=1S/C12H14F2N2O2/c1-3-11(17)7(2)15-12(18)16-10-5-4-8(13)6-9(10)14/h4-7H,3H2,1-2H3,(H2,15,16,18). The molecule has 18 heavy (non-hydrogen) atoms. The van der Waals surface area contributed by atoms with E-state index in [4.69, 9.17) is 0 Å². The minimum Gasteiger partial charge on any atom is -0.328 e. The zero-order valence-electron chi connectivity index (χ0n) is 10.1. The van der Waals surface area contributed by atoms with Crippen LogP contribution in [0.4, 0.5) is 19.3 Å². The molecule has 1 atom stereocenters. The molecule has 98 valence electrons. The van der Waals surface area contributed by atoms with Crippen LogP contribution in [0.3, 0.4) is 0 Å². The number of urea groups is 1. The average Bonchev–Trinajstić information content (AvgIpc) is 2.31. The van der Waals surface area contributed by atoms with Crippen molar-refractivity contribution in [1.82, 2.24) is 5.32 Å². The number of hydrogen-bond donors (Lipinski definition) is 2. The van der Waals surface area contributed by atoms with Gasteiger partial charge in [-0.2, -0.15) is 0 Å². The molecule has 0 aliphatic carbocycles. The highest BCUT2D eigenvalue weighted by Crippen LogP contribution is 2.14. The molecule has 0 aliphatic heterocycles. The molecule has 0 radical (unpaired) electrons. The van der Waals surface area contributed by atoms with Crippen molar-refractivity contribution in [1.29, 1.82) is 0 Å². The third-order valence-corrected chi connectivity index (χ3v) is 2.36. The van der Waals surface area contributed by atoms with Crippen molar-refractivity contribution in [3.63, 3.8) is 0 Å². The van der Waals surface area contributed by atoms with Gasteiger partial charge >= 0.3 is 6.03 Å². The average molecular weight is 256 g/mol. The van der Waals surface area contributed by atoms with E-state index in [9.17, 15) is 18.4 Å². The van der Waals surface area contributed by atoms with E-state index in [0.717, 1.165) is 12.1 Å². The second kappa shape index (κ2) is 6.09. The third-order valence-electron chi connectivity index (χ3n) is 2.36. The fraction of sp³-hybridized carbons (Fsp3) is 0.333. The SMILES string of the molecule is CCC(=O)C(C)NC(=O)Nc1ccc(F)cc1F. The number of amides is 2. The van der Waals surface area contributed by atoms with Gasteiger partial charge in [0.1, 0.15) is 11.6 Å². The fourth-order valence-corrected chi connectivity index (χ4v) is 1.33. The highest BCUT2D eigenvalue weighted by Gasteiger charge is 2.14. The summed E-state index contributed by atoms with van der Waals surface area (Å²) in [6.07, 6.45) is 0.298. The molecule has 0 spiro atoms. The fourth-order valence-electron chi connectivity index (χ4n) is 1.33. The Labute approximate surface area is 103 Å². The normalized spacial score (nSPS) is 11.8. The highest BCUT2D eigenvalue weighted by atomic mass is 19.1. The Morgan fingerprint density at radius 1 is 1.33 bits per heavy atom. The molecule has 0 bridgehead atoms. The van der Waals surface area contributed by atoms with E-state index in [1.54, 1.807) is 6.92 Å². The number of benzene rings is 1. The van der Waals surface area contributed by atoms with Crippen molar-refractivity contribution in [3.8, 4) is 0 Å². The molecule has 1 rings (SSSR count). The number of nitrogens with one attached hydrogen (secondary N) is 2. The highest BCUT2D eigenvalue weighted by molar-refractivity contribution is 5.94. The maximum absolute atomic E-state index is 13.2. The van der Waals surface area contributed by atoms with Crippen molar-refractivity contribution in [2.24, 2.45) is 0 Å². The van der Waals surface area contributed by atoms with Crippen LogP contribution in [0.5, 0.6) is 0 Å². The number of ketones is 1. The Balaban J connectivity index is 2.62. The number of halogens is 2. The molecular weight excluding hydrogens is 242 g/mol. The predicted molar refractivity (Wildman–Crippen MR) is 63.3 cm³/mol. The van der Waals surface area contributed by atoms with E-state index < -0.39 is 23.7 Å². The lowest BCUT2D eigenvalue weighted by Gasteiger charge is -2.13. The molecule has 4 nitrogen and oxygen atoms in total. The van der Waals surface area contributed by atoms with Gasteiger partial charge in [0.15, 0.2) is 5.78 Å². The Kier molecular flexibility index (Phi) is 4.76. The lowest BCUT2D eigenvalue weighted by molar-refractivity contribution is -0.120. The number of anilines is 1. The van der Waals surface area contributed by atoms with Gasteiger partial charge in [0.05, 0.1) is 11.7 Å². The number of carbonyl (C=O) groups is 2. The van der Waals surface area contributed by atoms with Gasteiger partial charge in [-0.3, -0.25) is 4.79 Å². The lowest BCUT2D eigenvalue weighted by atomic mass is 10.2. The minimum absolute atomic E-state index is 0.135. The van der Waals surface area contributed by atoms with E-state index in [0.29, 0.717) is 12.5 Å². The summed E-state index contributed by atoms with van der Waals surface area (Å²) in [7, 11) is 0. The summed E-state index contributed by atoms with van der Waals surface area (Å²) in [6.45, 7) is 3.21. The van der Waals surface area contributed by atoms with E-state index in [1.807, 2.05) is 0 Å². The first-order valence-corrected chi connectivity index (χ1v) is 5.49. The monoisotopic (exact) mass is 256 g/mol. The van der Waals surface area contributed by atoms with E-state index >= 15 is 0 Å². The van der Waals surface area contributed by atoms with Gasteiger partial charge in [-0.25, -0.2) is 13.6 Å². The molecule has 6 heteroatoms. The predicted octanol–water partition coefficient (Wildman–Crippen LogP) is 2.45. The van der Waals surface area contributed by atoms with Crippen LogP contribution < -0.4 is 10.6 Å². The van der Waals surface area contributed by atoms with Crippen LogP contribution in [-0.2, 0) is 4.79 Å². The number of Topliss-reactive ketones (excluding diaryl/α,β-unsaturated/α-hetero) is 1. The summed E-state index contributed by atoms with van der Waals surface area (Å²) in [4.78, 5) is 22.7. The molecule has 2 amide bonds. The number of rotatable bonds is 4. The molecular formula is C12H14F2N2O2. The Bertz CT molecular complexity index is 463. The molecule has 0 aromatic heterocycles. The summed E-state index contributed by atoms with van der Waals surface area (Å²) in [5, 5.41) is 4.56. The van der Waals surface area contributed by atoms with Crippen LogP contribution in [0.25, 0.3) is 0 Å². The molecule has 1 aromatic rings. The molecule has 1 unspecified atom stereocenters. The second-order valence-electron chi connectivity index (χ2n) is 3.76. The van der Waals surface area contributed by atoms with Crippen molar-refractivity contribution >= 4 is 17.5 Å². The van der Waals surface area contributed by atoms with E-state index in [1.165, 1.54) is 6.92 Å². The number of carbonyl (C=O) groups excluding carboxylic acids is 2. The Morgan fingerprint density at radius 3 is 2.56 bits per heavy atom. The van der Waals surface area contributed by atoms with E-state index in [-0.39, 0.29) is 11.5 Å². The molecule has 0 saturated carbocycles. The van der Waals surface area contributed by atoms with Crippen LogP contribution >= 0.6 is 0 Å². The second-order valence-corrected chi connectivity index (χ2v) is 3.76. The summed E-state index contributed by atoms with van der Waals surface area (Å²) in [5.41, 5.74) is -0.148. The summed E-state index contributed by atoms with van der Waals surface area (Å²) < 4.78 is 25.9. The lowest BCUT2D eigenvalue weighted by Crippen LogP contribution is -2.40. The van der Waals surface area contributed by atoms with Gasteiger partial charge in [-0.1, -0.05) is 6.92 Å². The van der Waals surface area contributed by atoms with Crippen LogP contribution in [0, 0.1) is 11.6 Å². The van der Waals surface area contributed by atoms with Gasteiger partial charge < -0.3 is 10.6 Å². The summed E-state index contributed by atoms with van der Waals surface area (Å²) >= 11 is 0. The van der Waals surface area contributed by atoms with Crippen LogP contribution in [-0.4, -0.2) is 17.9 Å². The van der Waals surface area contributed by atoms with Crippen LogP contribution in [0.1, 0.15) is 20.3 Å². The molecule has 0 aliphatic rings. The minimum atomic E-state index is -0.875. The van der Waals surface area contributed by atoms with Crippen molar-refractivity contribution < 1.29 is 18.4 Å². The maximum Gasteiger partial charge on any atom is 0.319 e. The molecule has 0 saturated heterocycles. The largest absolute Gasteiger partial charge is 0.328 e. The van der Waals surface area contributed by atoms with Gasteiger partial charge in [-0.05, 0) is 19.1 Å². The zero-order valence-corrected chi connectivity index (χ0v) is 10.1. The van der Waals surface area contributed by atoms with E-state index in [2.05, 4.69) is 10.6 Å².